The third-order valence-corrected chi connectivity index (χ3v) is 3.40. The third-order valence-electron chi connectivity index (χ3n) is 2.91. The molecule has 17 heavy (non-hydrogen) atoms. The Morgan fingerprint density at radius 2 is 2.06 bits per heavy atom. The maximum atomic E-state index is 10.9. The van der Waals surface area contributed by atoms with Crippen molar-refractivity contribution in [1.29, 1.82) is 0 Å². The van der Waals surface area contributed by atoms with Gasteiger partial charge in [0.15, 0.2) is 0 Å². The predicted molar refractivity (Wildman–Crippen MR) is 73.3 cm³/mol. The molecule has 1 rings (SSSR count). The lowest BCUT2D eigenvalue weighted by Gasteiger charge is -2.17. The van der Waals surface area contributed by atoms with Gasteiger partial charge in [-0.25, -0.2) is 0 Å². The van der Waals surface area contributed by atoms with Crippen LogP contribution in [0.15, 0.2) is 22.7 Å². The first-order valence-corrected chi connectivity index (χ1v) is 6.39. The molecule has 0 saturated carbocycles. The third kappa shape index (κ3) is 4.00. The highest BCUT2D eigenvalue weighted by molar-refractivity contribution is 9.10. The molecule has 0 aliphatic heterocycles. The smallest absolute Gasteiger partial charge is 0.292 e. The second kappa shape index (κ2) is 6.00. The minimum absolute atomic E-state index is 0.115. The summed E-state index contributed by atoms with van der Waals surface area (Å²) in [6.45, 7) is 7.14. The Bertz CT molecular complexity index is 407. The molecular formula is C12H17BrN2O2. The molecule has 0 aliphatic rings. The summed E-state index contributed by atoms with van der Waals surface area (Å²) in [5.41, 5.74) is 0.682. The molecule has 1 aromatic carbocycles. The predicted octanol–water partition coefficient (Wildman–Crippen LogP) is 4.06. The van der Waals surface area contributed by atoms with Gasteiger partial charge in [-0.3, -0.25) is 10.1 Å². The van der Waals surface area contributed by atoms with Gasteiger partial charge in [0, 0.05) is 17.1 Å². The summed E-state index contributed by atoms with van der Waals surface area (Å²) < 4.78 is 0.836. The second-order valence-electron chi connectivity index (χ2n) is 4.52. The lowest BCUT2D eigenvalue weighted by molar-refractivity contribution is -0.384. The molecule has 1 aromatic rings. The molecule has 0 radical (unpaired) electrons. The lowest BCUT2D eigenvalue weighted by Crippen LogP contribution is -2.16. The van der Waals surface area contributed by atoms with Crippen molar-refractivity contribution in [2.24, 2.45) is 11.8 Å². The Balaban J connectivity index is 2.82. The van der Waals surface area contributed by atoms with E-state index in [-0.39, 0.29) is 10.6 Å². The van der Waals surface area contributed by atoms with Crippen LogP contribution in [-0.2, 0) is 0 Å². The molecule has 0 fully saturated rings. The van der Waals surface area contributed by atoms with Crippen LogP contribution in [0.25, 0.3) is 0 Å². The fourth-order valence-electron chi connectivity index (χ4n) is 1.32. The molecule has 4 nitrogen and oxygen atoms in total. The van der Waals surface area contributed by atoms with Gasteiger partial charge in [-0.1, -0.05) is 36.7 Å². The SMILES string of the molecule is CC(C)C(C)CNc1cc(Br)ccc1[N+](=O)[O-]. The van der Waals surface area contributed by atoms with Crippen LogP contribution in [0.2, 0.25) is 0 Å². The van der Waals surface area contributed by atoms with Gasteiger partial charge in [-0.2, -0.15) is 0 Å². The Morgan fingerprint density at radius 1 is 1.41 bits per heavy atom. The Hall–Kier alpha value is -1.10. The van der Waals surface area contributed by atoms with E-state index in [1.165, 1.54) is 6.07 Å². The first-order valence-electron chi connectivity index (χ1n) is 5.59. The molecular weight excluding hydrogens is 284 g/mol. The van der Waals surface area contributed by atoms with E-state index in [1.807, 2.05) is 0 Å². The maximum absolute atomic E-state index is 10.9. The fourth-order valence-corrected chi connectivity index (χ4v) is 1.68. The van der Waals surface area contributed by atoms with Crippen molar-refractivity contribution in [3.63, 3.8) is 0 Å². The number of benzene rings is 1. The van der Waals surface area contributed by atoms with Gasteiger partial charge in [0.05, 0.1) is 4.92 Å². The number of halogens is 1. The van der Waals surface area contributed by atoms with Crippen LogP contribution in [0.3, 0.4) is 0 Å². The summed E-state index contributed by atoms with van der Waals surface area (Å²) in [4.78, 5) is 10.5. The number of nitrogens with zero attached hydrogens (tertiary/aromatic N) is 1. The number of nitro benzene ring substituents is 1. The standard InChI is InChI=1S/C12H17BrN2O2/c1-8(2)9(3)7-14-11-6-10(13)4-5-12(11)15(16)17/h4-6,8-9,14H,7H2,1-3H3. The quantitative estimate of drug-likeness (QED) is 0.659. The first-order chi connectivity index (χ1) is 7.91. The molecule has 1 atom stereocenters. The van der Waals surface area contributed by atoms with Crippen LogP contribution < -0.4 is 5.32 Å². The van der Waals surface area contributed by atoms with Gasteiger partial charge in [-0.05, 0) is 24.0 Å². The molecule has 0 saturated heterocycles. The van der Waals surface area contributed by atoms with Crippen molar-refractivity contribution in [3.05, 3.63) is 32.8 Å². The highest BCUT2D eigenvalue weighted by atomic mass is 79.9. The van der Waals surface area contributed by atoms with E-state index in [0.29, 0.717) is 17.5 Å². The Labute approximate surface area is 110 Å². The fraction of sp³-hybridized carbons (Fsp3) is 0.500. The molecule has 94 valence electrons. The van der Waals surface area contributed by atoms with Gasteiger partial charge in [-0.15, -0.1) is 0 Å². The van der Waals surface area contributed by atoms with E-state index in [1.54, 1.807) is 12.1 Å². The van der Waals surface area contributed by atoms with Gasteiger partial charge in [0.1, 0.15) is 5.69 Å². The van der Waals surface area contributed by atoms with Crippen LogP contribution >= 0.6 is 15.9 Å². The first kappa shape index (κ1) is 14.0. The van der Waals surface area contributed by atoms with Crippen LogP contribution in [0.5, 0.6) is 0 Å². The van der Waals surface area contributed by atoms with E-state index in [2.05, 4.69) is 42.0 Å². The highest BCUT2D eigenvalue weighted by Crippen LogP contribution is 2.28. The molecule has 0 heterocycles. The minimum atomic E-state index is -0.366. The molecule has 5 heteroatoms. The number of rotatable bonds is 5. The zero-order valence-electron chi connectivity index (χ0n) is 10.2. The highest BCUT2D eigenvalue weighted by Gasteiger charge is 2.15. The summed E-state index contributed by atoms with van der Waals surface area (Å²) >= 11 is 3.32. The van der Waals surface area contributed by atoms with Crippen molar-refractivity contribution in [2.45, 2.75) is 20.8 Å². The van der Waals surface area contributed by atoms with Gasteiger partial charge in [0.2, 0.25) is 0 Å². The topological polar surface area (TPSA) is 55.2 Å². The Kier molecular flexibility index (Phi) is 4.93. The van der Waals surface area contributed by atoms with E-state index >= 15 is 0 Å². The zero-order chi connectivity index (χ0) is 13.0. The van der Waals surface area contributed by atoms with Crippen LogP contribution in [0.4, 0.5) is 11.4 Å². The number of anilines is 1. The summed E-state index contributed by atoms with van der Waals surface area (Å²) in [7, 11) is 0. The maximum Gasteiger partial charge on any atom is 0.292 e. The molecule has 0 spiro atoms. The van der Waals surface area contributed by atoms with Crippen molar-refractivity contribution in [2.75, 3.05) is 11.9 Å². The van der Waals surface area contributed by atoms with E-state index in [4.69, 9.17) is 0 Å². The van der Waals surface area contributed by atoms with Gasteiger partial charge < -0.3 is 5.32 Å². The lowest BCUT2D eigenvalue weighted by atomic mass is 9.98. The summed E-state index contributed by atoms with van der Waals surface area (Å²) in [5, 5.41) is 14.0. The van der Waals surface area contributed by atoms with Gasteiger partial charge >= 0.3 is 0 Å². The number of nitrogens with one attached hydrogen (secondary N) is 1. The largest absolute Gasteiger partial charge is 0.379 e. The molecule has 0 bridgehead atoms. The van der Waals surface area contributed by atoms with Gasteiger partial charge in [0.25, 0.3) is 5.69 Å². The van der Waals surface area contributed by atoms with E-state index in [0.717, 1.165) is 11.0 Å². The van der Waals surface area contributed by atoms with Crippen molar-refractivity contribution >= 4 is 27.3 Å². The zero-order valence-corrected chi connectivity index (χ0v) is 11.8. The Morgan fingerprint density at radius 3 is 2.59 bits per heavy atom. The van der Waals surface area contributed by atoms with E-state index < -0.39 is 0 Å². The number of hydrogen-bond donors (Lipinski definition) is 1. The van der Waals surface area contributed by atoms with Crippen LogP contribution in [-0.4, -0.2) is 11.5 Å². The number of hydrogen-bond acceptors (Lipinski definition) is 3. The second-order valence-corrected chi connectivity index (χ2v) is 5.44. The molecule has 0 aliphatic carbocycles. The molecule has 0 aromatic heterocycles. The number of nitro groups is 1. The minimum Gasteiger partial charge on any atom is -0.379 e. The molecule has 1 unspecified atom stereocenters. The van der Waals surface area contributed by atoms with Crippen LogP contribution in [0.1, 0.15) is 20.8 Å². The summed E-state index contributed by atoms with van der Waals surface area (Å²) in [5.74, 6) is 1.02. The van der Waals surface area contributed by atoms with Crippen molar-refractivity contribution in [3.8, 4) is 0 Å². The van der Waals surface area contributed by atoms with E-state index in [9.17, 15) is 10.1 Å². The summed E-state index contributed by atoms with van der Waals surface area (Å²) in [6.07, 6.45) is 0. The molecule has 1 N–H and O–H groups in total. The van der Waals surface area contributed by atoms with Crippen molar-refractivity contribution < 1.29 is 4.92 Å². The monoisotopic (exact) mass is 300 g/mol. The van der Waals surface area contributed by atoms with Crippen LogP contribution in [0, 0.1) is 22.0 Å². The molecule has 0 amide bonds. The summed E-state index contributed by atoms with van der Waals surface area (Å²) in [6, 6.07) is 4.92. The average molecular weight is 301 g/mol. The average Bonchev–Trinajstić information content (AvgIpc) is 2.25. The van der Waals surface area contributed by atoms with Crippen molar-refractivity contribution in [1.82, 2.24) is 0 Å². The normalized spacial score (nSPS) is 12.5.